The number of para-hydroxylation sites is 1. The molecule has 0 amide bonds. The standard InChI is InChI=1S/C13H18FNO3S/c1-15(11-6-9-19(16,17)10-11)7-8-18-13-5-3-2-4-12(13)14/h2-5,11H,6-10H2,1H3. The van der Waals surface area contributed by atoms with Gasteiger partial charge in [0.2, 0.25) is 0 Å². The van der Waals surface area contributed by atoms with Crippen LogP contribution in [0.5, 0.6) is 5.75 Å². The Morgan fingerprint density at radius 3 is 2.79 bits per heavy atom. The first-order chi connectivity index (χ1) is 8.98. The molecule has 2 rings (SSSR count). The van der Waals surface area contributed by atoms with Gasteiger partial charge in [-0.25, -0.2) is 12.8 Å². The summed E-state index contributed by atoms with van der Waals surface area (Å²) in [6, 6.07) is 6.30. The van der Waals surface area contributed by atoms with E-state index < -0.39 is 9.84 Å². The molecule has 0 bridgehead atoms. The number of benzene rings is 1. The highest BCUT2D eigenvalue weighted by atomic mass is 32.2. The third-order valence-corrected chi connectivity index (χ3v) is 5.12. The van der Waals surface area contributed by atoms with E-state index in [2.05, 4.69) is 0 Å². The molecule has 19 heavy (non-hydrogen) atoms. The Morgan fingerprint density at radius 2 is 2.16 bits per heavy atom. The Hall–Kier alpha value is -1.14. The molecule has 4 nitrogen and oxygen atoms in total. The first-order valence-electron chi connectivity index (χ1n) is 6.26. The molecule has 0 aliphatic carbocycles. The number of nitrogens with zero attached hydrogens (tertiary/aromatic N) is 1. The molecule has 1 atom stereocenters. The molecule has 0 radical (unpaired) electrons. The molecular weight excluding hydrogens is 269 g/mol. The molecule has 1 aliphatic rings. The van der Waals surface area contributed by atoms with Crippen LogP contribution < -0.4 is 4.74 Å². The Morgan fingerprint density at radius 1 is 1.42 bits per heavy atom. The van der Waals surface area contributed by atoms with Crippen LogP contribution in [-0.4, -0.2) is 51.1 Å². The second-order valence-electron chi connectivity index (χ2n) is 4.82. The topological polar surface area (TPSA) is 46.6 Å². The number of rotatable bonds is 5. The quantitative estimate of drug-likeness (QED) is 0.819. The molecule has 1 aromatic rings. The predicted octanol–water partition coefficient (Wildman–Crippen LogP) is 1.32. The summed E-state index contributed by atoms with van der Waals surface area (Å²) < 4.78 is 41.4. The molecule has 1 heterocycles. The normalized spacial score (nSPS) is 21.7. The van der Waals surface area contributed by atoms with E-state index in [4.69, 9.17) is 4.74 Å². The highest BCUT2D eigenvalue weighted by Crippen LogP contribution is 2.17. The lowest BCUT2D eigenvalue weighted by molar-refractivity contribution is 0.198. The van der Waals surface area contributed by atoms with Crippen LogP contribution in [0.1, 0.15) is 6.42 Å². The van der Waals surface area contributed by atoms with Gasteiger partial charge in [-0.15, -0.1) is 0 Å². The second kappa shape index (κ2) is 5.88. The van der Waals surface area contributed by atoms with E-state index in [9.17, 15) is 12.8 Å². The average molecular weight is 287 g/mol. The van der Waals surface area contributed by atoms with Crippen LogP contribution in [-0.2, 0) is 9.84 Å². The molecule has 1 aromatic carbocycles. The van der Waals surface area contributed by atoms with Gasteiger partial charge in [-0.05, 0) is 25.6 Å². The summed E-state index contributed by atoms with van der Waals surface area (Å²) in [4.78, 5) is 1.96. The molecule has 6 heteroatoms. The highest BCUT2D eigenvalue weighted by molar-refractivity contribution is 7.91. The molecule has 1 unspecified atom stereocenters. The molecule has 1 aliphatic heterocycles. The minimum Gasteiger partial charge on any atom is -0.489 e. The lowest BCUT2D eigenvalue weighted by Gasteiger charge is -2.22. The van der Waals surface area contributed by atoms with Crippen molar-refractivity contribution >= 4 is 9.84 Å². The zero-order valence-corrected chi connectivity index (χ0v) is 11.7. The summed E-state index contributed by atoms with van der Waals surface area (Å²) >= 11 is 0. The van der Waals surface area contributed by atoms with Crippen molar-refractivity contribution in [3.63, 3.8) is 0 Å². The summed E-state index contributed by atoms with van der Waals surface area (Å²) in [5, 5.41) is 0. The molecule has 0 spiro atoms. The fourth-order valence-electron chi connectivity index (χ4n) is 2.17. The van der Waals surface area contributed by atoms with Crippen LogP contribution in [0, 0.1) is 5.82 Å². The lowest BCUT2D eigenvalue weighted by Crippen LogP contribution is -2.35. The maximum Gasteiger partial charge on any atom is 0.165 e. The minimum absolute atomic E-state index is 0.0502. The SMILES string of the molecule is CN(CCOc1ccccc1F)C1CCS(=O)(=O)C1. The van der Waals surface area contributed by atoms with Gasteiger partial charge in [0, 0.05) is 12.6 Å². The van der Waals surface area contributed by atoms with Gasteiger partial charge in [-0.2, -0.15) is 0 Å². The average Bonchev–Trinajstić information content (AvgIpc) is 2.72. The summed E-state index contributed by atoms with van der Waals surface area (Å²) in [6.07, 6.45) is 0.665. The number of halogens is 1. The van der Waals surface area contributed by atoms with Gasteiger partial charge in [-0.1, -0.05) is 12.1 Å². The number of hydrogen-bond donors (Lipinski definition) is 0. The van der Waals surface area contributed by atoms with Crippen molar-refractivity contribution in [1.29, 1.82) is 0 Å². The van der Waals surface area contributed by atoms with Crippen LogP contribution in [0.25, 0.3) is 0 Å². The van der Waals surface area contributed by atoms with E-state index in [1.54, 1.807) is 18.2 Å². The van der Waals surface area contributed by atoms with Gasteiger partial charge < -0.3 is 4.74 Å². The summed E-state index contributed by atoms with van der Waals surface area (Å²) in [6.45, 7) is 0.919. The first kappa shape index (κ1) is 14.3. The predicted molar refractivity (Wildman–Crippen MR) is 71.6 cm³/mol. The van der Waals surface area contributed by atoms with Crippen molar-refractivity contribution < 1.29 is 17.5 Å². The van der Waals surface area contributed by atoms with Gasteiger partial charge in [0.15, 0.2) is 21.4 Å². The maximum absolute atomic E-state index is 13.3. The van der Waals surface area contributed by atoms with Crippen LogP contribution in [0.3, 0.4) is 0 Å². The van der Waals surface area contributed by atoms with Crippen molar-refractivity contribution in [3.05, 3.63) is 30.1 Å². The van der Waals surface area contributed by atoms with E-state index in [1.807, 2.05) is 11.9 Å². The van der Waals surface area contributed by atoms with E-state index in [0.717, 1.165) is 0 Å². The summed E-state index contributed by atoms with van der Waals surface area (Å²) in [7, 11) is -0.996. The number of ether oxygens (including phenoxy) is 1. The van der Waals surface area contributed by atoms with E-state index in [0.29, 0.717) is 19.6 Å². The Balaban J connectivity index is 1.79. The monoisotopic (exact) mass is 287 g/mol. The van der Waals surface area contributed by atoms with Crippen LogP contribution >= 0.6 is 0 Å². The smallest absolute Gasteiger partial charge is 0.165 e. The van der Waals surface area contributed by atoms with Gasteiger partial charge in [0.25, 0.3) is 0 Å². The second-order valence-corrected chi connectivity index (χ2v) is 7.05. The molecule has 0 N–H and O–H groups in total. The van der Waals surface area contributed by atoms with Crippen molar-refractivity contribution in [3.8, 4) is 5.75 Å². The molecule has 1 saturated heterocycles. The highest BCUT2D eigenvalue weighted by Gasteiger charge is 2.30. The zero-order valence-electron chi connectivity index (χ0n) is 10.9. The first-order valence-corrected chi connectivity index (χ1v) is 8.08. The van der Waals surface area contributed by atoms with Crippen LogP contribution in [0.15, 0.2) is 24.3 Å². The number of sulfone groups is 1. The van der Waals surface area contributed by atoms with E-state index in [1.165, 1.54) is 6.07 Å². The molecular formula is C13H18FNO3S. The fourth-order valence-corrected chi connectivity index (χ4v) is 3.97. The molecule has 106 valence electrons. The maximum atomic E-state index is 13.3. The lowest BCUT2D eigenvalue weighted by atomic mass is 10.2. The van der Waals surface area contributed by atoms with Gasteiger partial charge >= 0.3 is 0 Å². The van der Waals surface area contributed by atoms with Gasteiger partial charge in [-0.3, -0.25) is 4.90 Å². The summed E-state index contributed by atoms with van der Waals surface area (Å²) in [5.74, 6) is 0.322. The molecule has 0 saturated carbocycles. The molecule has 0 aromatic heterocycles. The van der Waals surface area contributed by atoms with E-state index in [-0.39, 0.29) is 29.1 Å². The Kier molecular flexibility index (Phi) is 4.42. The third kappa shape index (κ3) is 3.91. The van der Waals surface area contributed by atoms with E-state index >= 15 is 0 Å². The third-order valence-electron chi connectivity index (χ3n) is 3.37. The largest absolute Gasteiger partial charge is 0.489 e. The number of hydrogen-bond acceptors (Lipinski definition) is 4. The zero-order chi connectivity index (χ0) is 13.9. The van der Waals surface area contributed by atoms with Gasteiger partial charge in [0.1, 0.15) is 6.61 Å². The molecule has 1 fully saturated rings. The van der Waals surface area contributed by atoms with Gasteiger partial charge in [0.05, 0.1) is 11.5 Å². The van der Waals surface area contributed by atoms with Crippen molar-refractivity contribution in [1.82, 2.24) is 4.90 Å². The van der Waals surface area contributed by atoms with Crippen LogP contribution in [0.2, 0.25) is 0 Å². The fraction of sp³-hybridized carbons (Fsp3) is 0.538. The summed E-state index contributed by atoms with van der Waals surface area (Å²) in [5.41, 5.74) is 0. The van der Waals surface area contributed by atoms with Crippen molar-refractivity contribution in [2.75, 3.05) is 31.7 Å². The number of likely N-dealkylation sites (N-methyl/N-ethyl adjacent to an activating group) is 1. The van der Waals surface area contributed by atoms with Crippen molar-refractivity contribution in [2.24, 2.45) is 0 Å². The minimum atomic E-state index is -2.87. The van der Waals surface area contributed by atoms with Crippen molar-refractivity contribution in [2.45, 2.75) is 12.5 Å². The Bertz CT molecular complexity index is 532. The Labute approximate surface area is 113 Å². The van der Waals surface area contributed by atoms with Crippen LogP contribution in [0.4, 0.5) is 4.39 Å².